The molecule has 7 heteroatoms. The summed E-state index contributed by atoms with van der Waals surface area (Å²) < 4.78 is 0. The van der Waals surface area contributed by atoms with E-state index in [2.05, 4.69) is 24.5 Å². The number of aryl methyl sites for hydroxylation is 1. The van der Waals surface area contributed by atoms with Crippen molar-refractivity contribution in [3.05, 3.63) is 50.4 Å². The molecule has 3 rings (SSSR count). The van der Waals surface area contributed by atoms with E-state index in [1.807, 2.05) is 0 Å². The summed E-state index contributed by atoms with van der Waals surface area (Å²) in [4.78, 5) is 25.9. The fourth-order valence-corrected chi connectivity index (χ4v) is 4.92. The highest BCUT2D eigenvalue weighted by atomic mass is 35.5. The first-order chi connectivity index (χ1) is 12.7. The van der Waals surface area contributed by atoms with Crippen LogP contribution in [0.4, 0.5) is 5.00 Å². The predicted molar refractivity (Wildman–Crippen MR) is 109 cm³/mol. The zero-order chi connectivity index (χ0) is 19.8. The van der Waals surface area contributed by atoms with Gasteiger partial charge in [-0.15, -0.1) is 11.3 Å². The van der Waals surface area contributed by atoms with Crippen LogP contribution in [0.3, 0.4) is 0 Å². The first-order valence-corrected chi connectivity index (χ1v) is 10.0. The Labute approximate surface area is 167 Å². The summed E-state index contributed by atoms with van der Waals surface area (Å²) in [5.41, 5.74) is 2.42. The number of carboxylic acids is 1. The summed E-state index contributed by atoms with van der Waals surface area (Å²) in [6.45, 7) is 4.79. The highest BCUT2D eigenvalue weighted by Crippen LogP contribution is 2.43. The molecule has 0 unspecified atom stereocenters. The van der Waals surface area contributed by atoms with E-state index in [9.17, 15) is 14.7 Å². The summed E-state index contributed by atoms with van der Waals surface area (Å²) in [6.07, 6.45) is 2.56. The Morgan fingerprint density at radius 2 is 2.07 bits per heavy atom. The third kappa shape index (κ3) is 4.18. The fourth-order valence-electron chi connectivity index (χ4n) is 3.53. The Hall–Kier alpha value is -1.89. The van der Waals surface area contributed by atoms with Crippen LogP contribution in [0.1, 0.15) is 57.0 Å². The molecule has 3 N–H and O–H groups in total. The minimum Gasteiger partial charge on any atom is -0.478 e. The number of halogens is 1. The van der Waals surface area contributed by atoms with Crippen molar-refractivity contribution in [3.8, 4) is 0 Å². The maximum absolute atomic E-state index is 12.9. The number of hydrogen-bond donors (Lipinski definition) is 3. The third-order valence-electron chi connectivity index (χ3n) is 4.89. The van der Waals surface area contributed by atoms with Gasteiger partial charge in [0.25, 0.3) is 5.91 Å². The van der Waals surface area contributed by atoms with Gasteiger partial charge in [0.15, 0.2) is 0 Å². The van der Waals surface area contributed by atoms with Gasteiger partial charge in [0.1, 0.15) is 5.00 Å². The molecule has 1 heterocycles. The van der Waals surface area contributed by atoms with Crippen LogP contribution in [-0.4, -0.2) is 24.0 Å². The number of aromatic carboxylic acids is 1. The molecule has 0 saturated heterocycles. The van der Waals surface area contributed by atoms with Crippen LogP contribution >= 0.6 is 22.9 Å². The van der Waals surface area contributed by atoms with Crippen molar-refractivity contribution >= 4 is 39.8 Å². The number of carboxylic acid groups (broad SMARTS) is 1. The molecule has 0 saturated carbocycles. The third-order valence-corrected chi connectivity index (χ3v) is 6.34. The van der Waals surface area contributed by atoms with Gasteiger partial charge in [0, 0.05) is 22.0 Å². The average molecular weight is 407 g/mol. The van der Waals surface area contributed by atoms with E-state index in [1.54, 1.807) is 25.2 Å². The van der Waals surface area contributed by atoms with Crippen molar-refractivity contribution < 1.29 is 14.7 Å². The summed E-state index contributed by atoms with van der Waals surface area (Å²) in [7, 11) is 1.79. The van der Waals surface area contributed by atoms with Crippen LogP contribution in [-0.2, 0) is 19.4 Å². The lowest BCUT2D eigenvalue weighted by atomic mass is 9.76. The maximum Gasteiger partial charge on any atom is 0.339 e. The molecule has 0 atom stereocenters. The topological polar surface area (TPSA) is 78.4 Å². The second-order valence-corrected chi connectivity index (χ2v) is 9.18. The van der Waals surface area contributed by atoms with E-state index in [-0.39, 0.29) is 16.9 Å². The molecule has 1 aliphatic carbocycles. The largest absolute Gasteiger partial charge is 0.478 e. The number of nitrogens with one attached hydrogen (secondary N) is 2. The molecule has 2 aromatic rings. The Balaban J connectivity index is 1.96. The van der Waals surface area contributed by atoms with Gasteiger partial charge in [0.05, 0.1) is 5.56 Å². The Morgan fingerprint density at radius 1 is 1.33 bits per heavy atom. The lowest BCUT2D eigenvalue weighted by molar-refractivity contribution is 0.0696. The molecule has 0 radical (unpaired) electrons. The molecule has 0 aliphatic heterocycles. The number of hydrogen-bond acceptors (Lipinski definition) is 4. The van der Waals surface area contributed by atoms with Crippen molar-refractivity contribution in [1.82, 2.24) is 5.32 Å². The molecule has 1 amide bonds. The molecule has 0 fully saturated rings. The fraction of sp³-hybridized carbons (Fsp3) is 0.400. The van der Waals surface area contributed by atoms with Gasteiger partial charge in [-0.1, -0.05) is 25.4 Å². The van der Waals surface area contributed by atoms with E-state index < -0.39 is 5.97 Å². The minimum atomic E-state index is -0.993. The lowest BCUT2D eigenvalue weighted by Crippen LogP contribution is -2.23. The highest BCUT2D eigenvalue weighted by Gasteiger charge is 2.33. The van der Waals surface area contributed by atoms with Crippen LogP contribution in [0.5, 0.6) is 0 Å². The van der Waals surface area contributed by atoms with Gasteiger partial charge in [0.2, 0.25) is 0 Å². The number of benzene rings is 1. The standard InChI is InChI=1S/C20H23ClN2O3S/c1-20(2)7-6-15-14(9-20)16(19(25)26)18(27-15)23-17(24)13-5-4-12(21)8-11(13)10-22-3/h4-5,8,22H,6-7,9-10H2,1-3H3,(H,23,24)(H,25,26). The second kappa shape index (κ2) is 7.62. The van der Waals surface area contributed by atoms with E-state index in [4.69, 9.17) is 11.6 Å². The van der Waals surface area contributed by atoms with Crippen molar-refractivity contribution in [2.45, 2.75) is 39.7 Å². The SMILES string of the molecule is CNCc1cc(Cl)ccc1C(=O)Nc1sc2c(c1C(=O)O)CC(C)(C)CC2. The van der Waals surface area contributed by atoms with Gasteiger partial charge in [-0.25, -0.2) is 4.79 Å². The summed E-state index contributed by atoms with van der Waals surface area (Å²) in [5.74, 6) is -1.32. The Morgan fingerprint density at radius 3 is 2.74 bits per heavy atom. The Bertz CT molecular complexity index is 905. The quantitative estimate of drug-likeness (QED) is 0.678. The molecular weight excluding hydrogens is 384 g/mol. The first kappa shape index (κ1) is 19.9. The summed E-state index contributed by atoms with van der Waals surface area (Å²) in [5, 5.41) is 16.6. The monoisotopic (exact) mass is 406 g/mol. The van der Waals surface area contributed by atoms with Crippen molar-refractivity contribution in [2.75, 3.05) is 12.4 Å². The average Bonchev–Trinajstić information content (AvgIpc) is 2.91. The maximum atomic E-state index is 12.9. The van der Waals surface area contributed by atoms with Crippen LogP contribution in [0, 0.1) is 5.41 Å². The molecule has 144 valence electrons. The van der Waals surface area contributed by atoms with E-state index in [1.165, 1.54) is 11.3 Å². The van der Waals surface area contributed by atoms with Gasteiger partial charge in [-0.05, 0) is 61.1 Å². The van der Waals surface area contributed by atoms with Crippen LogP contribution in [0.25, 0.3) is 0 Å². The van der Waals surface area contributed by atoms with Gasteiger partial charge >= 0.3 is 5.97 Å². The van der Waals surface area contributed by atoms with Gasteiger partial charge in [-0.3, -0.25) is 4.79 Å². The summed E-state index contributed by atoms with van der Waals surface area (Å²) >= 11 is 7.43. The van der Waals surface area contributed by atoms with E-state index in [0.717, 1.165) is 28.8 Å². The van der Waals surface area contributed by atoms with Crippen LogP contribution in [0.15, 0.2) is 18.2 Å². The molecule has 27 heavy (non-hydrogen) atoms. The molecule has 1 aromatic carbocycles. The molecule has 5 nitrogen and oxygen atoms in total. The molecular formula is C20H23ClN2O3S. The number of rotatable bonds is 5. The van der Waals surface area contributed by atoms with Crippen LogP contribution in [0.2, 0.25) is 5.02 Å². The number of fused-ring (bicyclic) bond motifs is 1. The molecule has 0 spiro atoms. The molecule has 1 aliphatic rings. The summed E-state index contributed by atoms with van der Waals surface area (Å²) in [6, 6.07) is 5.07. The van der Waals surface area contributed by atoms with Crippen molar-refractivity contribution in [1.29, 1.82) is 0 Å². The van der Waals surface area contributed by atoms with E-state index >= 15 is 0 Å². The minimum absolute atomic E-state index is 0.0652. The zero-order valence-corrected chi connectivity index (χ0v) is 17.2. The lowest BCUT2D eigenvalue weighted by Gasteiger charge is -2.29. The van der Waals surface area contributed by atoms with E-state index in [0.29, 0.717) is 28.6 Å². The smallest absolute Gasteiger partial charge is 0.339 e. The zero-order valence-electron chi connectivity index (χ0n) is 15.6. The van der Waals surface area contributed by atoms with Gasteiger partial charge in [-0.2, -0.15) is 0 Å². The molecule has 1 aromatic heterocycles. The van der Waals surface area contributed by atoms with Crippen molar-refractivity contribution in [3.63, 3.8) is 0 Å². The number of thiophene rings is 1. The first-order valence-electron chi connectivity index (χ1n) is 8.84. The Kier molecular flexibility index (Phi) is 5.60. The van der Waals surface area contributed by atoms with Crippen molar-refractivity contribution in [2.24, 2.45) is 5.41 Å². The molecule has 0 bridgehead atoms. The number of carbonyl (C=O) groups excluding carboxylic acids is 1. The van der Waals surface area contributed by atoms with Gasteiger partial charge < -0.3 is 15.7 Å². The second-order valence-electron chi connectivity index (χ2n) is 7.64. The number of amides is 1. The number of carbonyl (C=O) groups is 2. The number of anilines is 1. The predicted octanol–water partition coefficient (Wildman–Crippen LogP) is 4.59. The van der Waals surface area contributed by atoms with Crippen LogP contribution < -0.4 is 10.6 Å². The highest BCUT2D eigenvalue weighted by molar-refractivity contribution is 7.17. The normalized spacial score (nSPS) is 15.3.